The Hall–Kier alpha value is -2.10. The van der Waals surface area contributed by atoms with Crippen LogP contribution in [0.3, 0.4) is 0 Å². The van der Waals surface area contributed by atoms with Gasteiger partial charge in [0.15, 0.2) is 5.16 Å². The van der Waals surface area contributed by atoms with Gasteiger partial charge in [0.25, 0.3) is 0 Å². The maximum absolute atomic E-state index is 12.9. The first-order valence-electron chi connectivity index (χ1n) is 5.98. The van der Waals surface area contributed by atoms with Crippen molar-refractivity contribution in [3.63, 3.8) is 0 Å². The van der Waals surface area contributed by atoms with E-state index in [1.807, 2.05) is 0 Å². The summed E-state index contributed by atoms with van der Waals surface area (Å²) < 4.78 is 40.3. The molecule has 2 aromatic rings. The summed E-state index contributed by atoms with van der Waals surface area (Å²) in [5.74, 6) is -1.59. The van der Waals surface area contributed by atoms with Crippen molar-refractivity contribution in [1.82, 2.24) is 19.7 Å². The van der Waals surface area contributed by atoms with Crippen molar-refractivity contribution in [3.05, 3.63) is 23.7 Å². The second-order valence-corrected chi connectivity index (χ2v) is 5.31. The Bertz CT molecular complexity index is 715. The van der Waals surface area contributed by atoms with Crippen molar-refractivity contribution in [2.75, 3.05) is 5.75 Å². The Morgan fingerprint density at radius 3 is 2.59 bits per heavy atom. The zero-order valence-corrected chi connectivity index (χ0v) is 12.4. The number of aromatic nitrogens is 4. The van der Waals surface area contributed by atoms with Crippen LogP contribution in [0, 0.1) is 6.92 Å². The van der Waals surface area contributed by atoms with Gasteiger partial charge in [-0.05, 0) is 13.0 Å². The topological polar surface area (TPSA) is 80.9 Å². The molecule has 2 rings (SSSR count). The van der Waals surface area contributed by atoms with Crippen LogP contribution in [0.2, 0.25) is 0 Å². The Labute approximate surface area is 127 Å². The van der Waals surface area contributed by atoms with Gasteiger partial charge in [-0.25, -0.2) is 9.97 Å². The normalized spacial score (nSPS) is 11.7. The molecule has 0 saturated heterocycles. The molecule has 10 heteroatoms. The monoisotopic (exact) mass is 332 g/mol. The second-order valence-electron chi connectivity index (χ2n) is 4.37. The molecule has 0 aliphatic carbocycles. The van der Waals surface area contributed by atoms with E-state index < -0.39 is 23.6 Å². The predicted molar refractivity (Wildman–Crippen MR) is 72.3 cm³/mol. The van der Waals surface area contributed by atoms with E-state index in [0.29, 0.717) is 23.0 Å². The van der Waals surface area contributed by atoms with Crippen LogP contribution in [0.4, 0.5) is 13.2 Å². The number of hydrogen-bond acceptors (Lipinski definition) is 5. The van der Waals surface area contributed by atoms with E-state index in [4.69, 9.17) is 5.11 Å². The number of halogens is 3. The number of carboxylic acids is 1. The first kappa shape index (κ1) is 16.3. The third-order valence-electron chi connectivity index (χ3n) is 2.83. The smallest absolute Gasteiger partial charge is 0.433 e. The third kappa shape index (κ3) is 3.56. The molecule has 0 spiro atoms. The highest BCUT2D eigenvalue weighted by molar-refractivity contribution is 7.99. The number of hydrogen-bond donors (Lipinski definition) is 1. The SMILES string of the molecule is Cc1c(-c2cc(C(F)(F)F)nc(SCC(=O)O)n2)cnn1C. The summed E-state index contributed by atoms with van der Waals surface area (Å²) in [5, 5.41) is 12.3. The van der Waals surface area contributed by atoms with Crippen molar-refractivity contribution in [3.8, 4) is 11.3 Å². The summed E-state index contributed by atoms with van der Waals surface area (Å²) in [4.78, 5) is 17.9. The first-order valence-corrected chi connectivity index (χ1v) is 6.97. The van der Waals surface area contributed by atoms with E-state index in [1.165, 1.54) is 10.9 Å². The predicted octanol–water partition coefficient (Wildman–Crippen LogP) is 2.38. The lowest BCUT2D eigenvalue weighted by Gasteiger charge is -2.09. The Balaban J connectivity index is 2.51. The molecule has 0 radical (unpaired) electrons. The fraction of sp³-hybridized carbons (Fsp3) is 0.333. The summed E-state index contributed by atoms with van der Waals surface area (Å²) in [6.45, 7) is 1.70. The van der Waals surface area contributed by atoms with E-state index in [9.17, 15) is 18.0 Å². The molecule has 0 saturated carbocycles. The number of carbonyl (C=O) groups is 1. The molecule has 6 nitrogen and oxygen atoms in total. The van der Waals surface area contributed by atoms with Crippen LogP contribution in [-0.2, 0) is 18.0 Å². The van der Waals surface area contributed by atoms with E-state index in [1.54, 1.807) is 14.0 Å². The number of rotatable bonds is 4. The Morgan fingerprint density at radius 2 is 2.09 bits per heavy atom. The highest BCUT2D eigenvalue weighted by Crippen LogP contribution is 2.32. The van der Waals surface area contributed by atoms with Gasteiger partial charge in [0, 0.05) is 18.3 Å². The van der Waals surface area contributed by atoms with Crippen molar-refractivity contribution in [1.29, 1.82) is 0 Å². The van der Waals surface area contributed by atoms with E-state index in [2.05, 4.69) is 15.1 Å². The summed E-state index contributed by atoms with van der Waals surface area (Å²) in [6.07, 6.45) is -3.24. The molecule has 1 N–H and O–H groups in total. The minimum Gasteiger partial charge on any atom is -0.481 e. The number of alkyl halides is 3. The molecule has 0 amide bonds. The molecule has 22 heavy (non-hydrogen) atoms. The molecular formula is C12H11F3N4O2S. The van der Waals surface area contributed by atoms with Gasteiger partial charge < -0.3 is 5.11 Å². The number of thioether (sulfide) groups is 1. The zero-order chi connectivity index (χ0) is 16.5. The van der Waals surface area contributed by atoms with Gasteiger partial charge in [-0.15, -0.1) is 0 Å². The molecule has 2 aromatic heterocycles. The average molecular weight is 332 g/mol. The largest absolute Gasteiger partial charge is 0.481 e. The van der Waals surface area contributed by atoms with Gasteiger partial charge in [-0.2, -0.15) is 18.3 Å². The fourth-order valence-corrected chi connectivity index (χ4v) is 2.23. The number of aryl methyl sites for hydroxylation is 1. The van der Waals surface area contributed by atoms with Crippen LogP contribution in [0.15, 0.2) is 17.4 Å². The van der Waals surface area contributed by atoms with Gasteiger partial charge in [0.05, 0.1) is 17.6 Å². The summed E-state index contributed by atoms with van der Waals surface area (Å²) in [5.41, 5.74) is 0.0167. The molecule has 0 fully saturated rings. The summed E-state index contributed by atoms with van der Waals surface area (Å²) in [6, 6.07) is 0.828. The molecule has 0 atom stereocenters. The first-order chi connectivity index (χ1) is 10.2. The molecule has 118 valence electrons. The number of aliphatic carboxylic acids is 1. The van der Waals surface area contributed by atoms with Crippen molar-refractivity contribution in [2.24, 2.45) is 7.05 Å². The average Bonchev–Trinajstić information content (AvgIpc) is 2.75. The van der Waals surface area contributed by atoms with E-state index in [0.717, 1.165) is 6.07 Å². The van der Waals surface area contributed by atoms with Crippen LogP contribution >= 0.6 is 11.8 Å². The Morgan fingerprint density at radius 1 is 1.41 bits per heavy atom. The molecule has 0 aromatic carbocycles. The maximum Gasteiger partial charge on any atom is 0.433 e. The van der Waals surface area contributed by atoms with E-state index in [-0.39, 0.29) is 10.9 Å². The lowest BCUT2D eigenvalue weighted by molar-refractivity contribution is -0.141. The van der Waals surface area contributed by atoms with Crippen molar-refractivity contribution < 1.29 is 23.1 Å². The van der Waals surface area contributed by atoms with Crippen LogP contribution in [0.25, 0.3) is 11.3 Å². The van der Waals surface area contributed by atoms with Gasteiger partial charge in [-0.3, -0.25) is 9.48 Å². The van der Waals surface area contributed by atoms with Gasteiger partial charge >= 0.3 is 12.1 Å². The summed E-state index contributed by atoms with van der Waals surface area (Å²) in [7, 11) is 1.66. The minimum absolute atomic E-state index is 0.0563. The third-order valence-corrected chi connectivity index (χ3v) is 3.66. The van der Waals surface area contributed by atoms with Crippen LogP contribution in [-0.4, -0.2) is 36.6 Å². The fourth-order valence-electron chi connectivity index (χ4n) is 1.65. The molecular weight excluding hydrogens is 321 g/mol. The van der Waals surface area contributed by atoms with Gasteiger partial charge in [0.2, 0.25) is 0 Å². The van der Waals surface area contributed by atoms with E-state index >= 15 is 0 Å². The van der Waals surface area contributed by atoms with Crippen molar-refractivity contribution >= 4 is 17.7 Å². The van der Waals surface area contributed by atoms with Gasteiger partial charge in [-0.1, -0.05) is 11.8 Å². The van der Waals surface area contributed by atoms with Crippen molar-refractivity contribution in [2.45, 2.75) is 18.3 Å². The molecule has 2 heterocycles. The standard InChI is InChI=1S/C12H11F3N4O2S/c1-6-7(4-16-19(6)2)8-3-9(12(13,14)15)18-11(17-8)22-5-10(20)21/h3-4H,5H2,1-2H3,(H,20,21). The number of carboxylic acid groups (broad SMARTS) is 1. The quantitative estimate of drug-likeness (QED) is 0.684. The van der Waals surface area contributed by atoms with Crippen LogP contribution in [0.5, 0.6) is 0 Å². The minimum atomic E-state index is -4.65. The molecule has 0 unspecified atom stereocenters. The molecule has 0 aliphatic heterocycles. The highest BCUT2D eigenvalue weighted by atomic mass is 32.2. The van der Waals surface area contributed by atoms with Gasteiger partial charge in [0.1, 0.15) is 5.69 Å². The second kappa shape index (κ2) is 5.95. The lowest BCUT2D eigenvalue weighted by Crippen LogP contribution is -2.11. The maximum atomic E-state index is 12.9. The summed E-state index contributed by atoms with van der Waals surface area (Å²) >= 11 is 0.631. The zero-order valence-electron chi connectivity index (χ0n) is 11.5. The lowest BCUT2D eigenvalue weighted by atomic mass is 10.1. The highest BCUT2D eigenvalue weighted by Gasteiger charge is 2.34. The Kier molecular flexibility index (Phi) is 4.40. The molecule has 0 bridgehead atoms. The van der Waals surface area contributed by atoms with Crippen LogP contribution < -0.4 is 0 Å². The van der Waals surface area contributed by atoms with Crippen LogP contribution in [0.1, 0.15) is 11.4 Å². The number of nitrogens with zero attached hydrogens (tertiary/aromatic N) is 4. The molecule has 0 aliphatic rings.